The van der Waals surface area contributed by atoms with Crippen LogP contribution >= 0.6 is 0 Å². The maximum atomic E-state index is 11.0. The summed E-state index contributed by atoms with van der Waals surface area (Å²) in [4.78, 5) is 10.6. The fourth-order valence-corrected chi connectivity index (χ4v) is 1.50. The Kier molecular flexibility index (Phi) is 4.53. The Labute approximate surface area is 107 Å². The van der Waals surface area contributed by atoms with E-state index in [0.717, 1.165) is 6.42 Å². The second-order valence-corrected chi connectivity index (χ2v) is 5.32. The first-order valence-electron chi connectivity index (χ1n) is 5.93. The summed E-state index contributed by atoms with van der Waals surface area (Å²) < 4.78 is 5.54. The Morgan fingerprint density at radius 2 is 2.06 bits per heavy atom. The molecule has 1 aromatic carbocycles. The average molecular weight is 252 g/mol. The quantitative estimate of drug-likeness (QED) is 0.644. The molecule has 0 heterocycles. The highest BCUT2D eigenvalue weighted by molar-refractivity contribution is 5.68. The second kappa shape index (κ2) is 5.71. The van der Waals surface area contributed by atoms with Crippen LogP contribution in [0.25, 0.3) is 0 Å². The van der Waals surface area contributed by atoms with Gasteiger partial charge in [-0.05, 0) is 24.0 Å². The van der Waals surface area contributed by atoms with Crippen LogP contribution in [0, 0.1) is 15.5 Å². The number of nitrogens with zero attached hydrogens (tertiary/aromatic N) is 1. The fraction of sp³-hybridized carbons (Fsp3) is 0.538. The summed E-state index contributed by atoms with van der Waals surface area (Å²) >= 11 is 0. The van der Waals surface area contributed by atoms with Gasteiger partial charge in [0.15, 0.2) is 5.75 Å². The molecule has 0 aliphatic rings. The minimum absolute atomic E-state index is 0.00564. The summed E-state index contributed by atoms with van der Waals surface area (Å²) in [5.74, 6) is 0.316. The predicted molar refractivity (Wildman–Crippen MR) is 72.2 cm³/mol. The molecular formula is C13H20N2O3. The molecule has 5 nitrogen and oxygen atoms in total. The molecule has 0 saturated heterocycles. The summed E-state index contributed by atoms with van der Waals surface area (Å²) in [5, 5.41) is 13.8. The third kappa shape index (κ3) is 3.91. The summed E-state index contributed by atoms with van der Waals surface area (Å²) in [5.41, 5.74) is 0.609. The lowest BCUT2D eigenvalue weighted by atomic mass is 9.93. The standard InChI is InChI=1S/C13H20N2O3/c1-13(2,3)8-9-18-11-7-5-6-10(14-4)12(11)15(16)17/h5-7,14H,8-9H2,1-4H3. The van der Waals surface area contributed by atoms with E-state index in [2.05, 4.69) is 26.1 Å². The Morgan fingerprint density at radius 1 is 1.39 bits per heavy atom. The smallest absolute Gasteiger partial charge is 0.333 e. The molecule has 0 atom stereocenters. The third-order valence-corrected chi connectivity index (χ3v) is 2.56. The SMILES string of the molecule is CNc1cccc(OCCC(C)(C)C)c1[N+](=O)[O-]. The molecule has 18 heavy (non-hydrogen) atoms. The zero-order valence-electron chi connectivity index (χ0n) is 11.3. The predicted octanol–water partition coefficient (Wildman–Crippen LogP) is 3.45. The second-order valence-electron chi connectivity index (χ2n) is 5.32. The molecule has 5 heteroatoms. The van der Waals surface area contributed by atoms with Crippen LogP contribution in [0.3, 0.4) is 0 Å². The Morgan fingerprint density at radius 3 is 2.56 bits per heavy atom. The van der Waals surface area contributed by atoms with Gasteiger partial charge in [-0.15, -0.1) is 0 Å². The van der Waals surface area contributed by atoms with Crippen LogP contribution in [-0.4, -0.2) is 18.6 Å². The van der Waals surface area contributed by atoms with Crippen LogP contribution in [-0.2, 0) is 0 Å². The van der Waals surface area contributed by atoms with Crippen molar-refractivity contribution in [3.63, 3.8) is 0 Å². The lowest BCUT2D eigenvalue weighted by Gasteiger charge is -2.18. The number of hydrogen-bond donors (Lipinski definition) is 1. The number of anilines is 1. The molecule has 0 aromatic heterocycles. The summed E-state index contributed by atoms with van der Waals surface area (Å²) in [6.45, 7) is 6.79. The minimum Gasteiger partial charge on any atom is -0.487 e. The van der Waals surface area contributed by atoms with Crippen molar-refractivity contribution < 1.29 is 9.66 Å². The van der Waals surface area contributed by atoms with Gasteiger partial charge in [-0.1, -0.05) is 26.8 Å². The molecule has 0 fully saturated rings. The van der Waals surface area contributed by atoms with Crippen LogP contribution in [0.4, 0.5) is 11.4 Å². The molecule has 0 aliphatic carbocycles. The van der Waals surface area contributed by atoms with Crippen molar-refractivity contribution >= 4 is 11.4 Å². The molecule has 0 aliphatic heterocycles. The van der Waals surface area contributed by atoms with Crippen LogP contribution < -0.4 is 10.1 Å². The van der Waals surface area contributed by atoms with Gasteiger partial charge in [0.25, 0.3) is 0 Å². The molecule has 0 radical (unpaired) electrons. The van der Waals surface area contributed by atoms with Crippen molar-refractivity contribution in [1.29, 1.82) is 0 Å². The zero-order valence-corrected chi connectivity index (χ0v) is 11.3. The van der Waals surface area contributed by atoms with Gasteiger partial charge in [0, 0.05) is 7.05 Å². The Hall–Kier alpha value is -1.78. The van der Waals surface area contributed by atoms with Crippen LogP contribution in [0.1, 0.15) is 27.2 Å². The molecular weight excluding hydrogens is 232 g/mol. The highest BCUT2D eigenvalue weighted by Crippen LogP contribution is 2.34. The Balaban J connectivity index is 2.85. The van der Waals surface area contributed by atoms with E-state index in [1.54, 1.807) is 25.2 Å². The molecule has 0 bridgehead atoms. The van der Waals surface area contributed by atoms with Crippen molar-refractivity contribution in [2.45, 2.75) is 27.2 Å². The van der Waals surface area contributed by atoms with E-state index in [0.29, 0.717) is 18.0 Å². The van der Waals surface area contributed by atoms with Gasteiger partial charge < -0.3 is 10.1 Å². The minimum atomic E-state index is -0.418. The van der Waals surface area contributed by atoms with E-state index in [4.69, 9.17) is 4.74 Å². The number of nitro benzene ring substituents is 1. The maximum absolute atomic E-state index is 11.0. The topological polar surface area (TPSA) is 64.4 Å². The van der Waals surface area contributed by atoms with Crippen LogP contribution in [0.15, 0.2) is 18.2 Å². The molecule has 1 rings (SSSR count). The number of ether oxygens (including phenoxy) is 1. The van der Waals surface area contributed by atoms with Crippen molar-refractivity contribution in [1.82, 2.24) is 0 Å². The summed E-state index contributed by atoms with van der Waals surface area (Å²) in [7, 11) is 1.65. The van der Waals surface area contributed by atoms with Gasteiger partial charge in [0.1, 0.15) is 5.69 Å². The fourth-order valence-electron chi connectivity index (χ4n) is 1.50. The number of nitrogens with one attached hydrogen (secondary N) is 1. The number of hydrogen-bond acceptors (Lipinski definition) is 4. The molecule has 0 unspecified atom stereocenters. The van der Waals surface area contributed by atoms with Gasteiger partial charge >= 0.3 is 5.69 Å². The molecule has 0 amide bonds. The molecule has 0 spiro atoms. The lowest BCUT2D eigenvalue weighted by molar-refractivity contribution is -0.385. The highest BCUT2D eigenvalue weighted by atomic mass is 16.6. The summed E-state index contributed by atoms with van der Waals surface area (Å²) in [6.07, 6.45) is 0.841. The zero-order chi connectivity index (χ0) is 13.8. The molecule has 100 valence electrons. The highest BCUT2D eigenvalue weighted by Gasteiger charge is 2.20. The largest absolute Gasteiger partial charge is 0.487 e. The first-order valence-corrected chi connectivity index (χ1v) is 5.93. The number of nitro groups is 1. The third-order valence-electron chi connectivity index (χ3n) is 2.56. The molecule has 1 N–H and O–H groups in total. The maximum Gasteiger partial charge on any atom is 0.333 e. The van der Waals surface area contributed by atoms with Crippen LogP contribution in [0.2, 0.25) is 0 Å². The molecule has 1 aromatic rings. The van der Waals surface area contributed by atoms with Gasteiger partial charge in [0.05, 0.1) is 11.5 Å². The van der Waals surface area contributed by atoms with Crippen molar-refractivity contribution in [2.24, 2.45) is 5.41 Å². The number of benzene rings is 1. The van der Waals surface area contributed by atoms with E-state index in [1.807, 2.05) is 0 Å². The van der Waals surface area contributed by atoms with Crippen molar-refractivity contribution in [3.8, 4) is 5.75 Å². The van der Waals surface area contributed by atoms with Gasteiger partial charge in [-0.2, -0.15) is 0 Å². The average Bonchev–Trinajstić information content (AvgIpc) is 2.26. The van der Waals surface area contributed by atoms with Crippen molar-refractivity contribution in [3.05, 3.63) is 28.3 Å². The van der Waals surface area contributed by atoms with Crippen molar-refractivity contribution in [2.75, 3.05) is 19.0 Å². The lowest BCUT2D eigenvalue weighted by Crippen LogP contribution is -2.12. The van der Waals surface area contributed by atoms with Gasteiger partial charge in [-0.3, -0.25) is 10.1 Å². The van der Waals surface area contributed by atoms with E-state index < -0.39 is 4.92 Å². The van der Waals surface area contributed by atoms with E-state index in [1.165, 1.54) is 0 Å². The van der Waals surface area contributed by atoms with E-state index in [9.17, 15) is 10.1 Å². The number of para-hydroxylation sites is 1. The van der Waals surface area contributed by atoms with Gasteiger partial charge in [0.2, 0.25) is 0 Å². The first kappa shape index (κ1) is 14.3. The van der Waals surface area contributed by atoms with E-state index >= 15 is 0 Å². The molecule has 0 saturated carbocycles. The van der Waals surface area contributed by atoms with Crippen LogP contribution in [0.5, 0.6) is 5.75 Å². The normalized spacial score (nSPS) is 11.1. The monoisotopic (exact) mass is 252 g/mol. The Bertz CT molecular complexity index is 425. The number of rotatable bonds is 5. The van der Waals surface area contributed by atoms with Gasteiger partial charge in [-0.25, -0.2) is 0 Å². The summed E-state index contributed by atoms with van der Waals surface area (Å²) in [6, 6.07) is 5.03. The first-order chi connectivity index (χ1) is 8.35. The van der Waals surface area contributed by atoms with E-state index in [-0.39, 0.29) is 11.1 Å².